The Kier molecular flexibility index (Phi) is 3.47. The predicted octanol–water partition coefficient (Wildman–Crippen LogP) is 2.22. The first-order chi connectivity index (χ1) is 5.74. The number of rotatable bonds is 3. The average molecular weight is 182 g/mol. The molecule has 3 N–H and O–H groups in total. The van der Waals surface area contributed by atoms with Gasteiger partial charge in [-0.1, -0.05) is 17.7 Å². The van der Waals surface area contributed by atoms with E-state index in [1.165, 1.54) is 10.5 Å². The van der Waals surface area contributed by atoms with Crippen LogP contribution in [-0.2, 0) is 0 Å². The van der Waals surface area contributed by atoms with Crippen molar-refractivity contribution in [1.29, 1.82) is 0 Å². The van der Waals surface area contributed by atoms with E-state index in [9.17, 15) is 0 Å². The van der Waals surface area contributed by atoms with Crippen molar-refractivity contribution in [2.45, 2.75) is 19.9 Å². The van der Waals surface area contributed by atoms with Crippen LogP contribution in [0.3, 0.4) is 0 Å². The maximum Gasteiger partial charge on any atom is 0.0735 e. The van der Waals surface area contributed by atoms with Crippen LogP contribution in [0.4, 0.5) is 0 Å². The van der Waals surface area contributed by atoms with E-state index < -0.39 is 0 Å². The Balaban J connectivity index is 2.77. The molecule has 1 aromatic heterocycles. The van der Waals surface area contributed by atoms with E-state index in [2.05, 4.69) is 36.8 Å². The second-order valence-electron chi connectivity index (χ2n) is 2.90. The summed E-state index contributed by atoms with van der Waals surface area (Å²) in [6, 6.07) is 4.27. The SMILES string of the molecule is CC(C)=CC(NN)c1cccs1. The van der Waals surface area contributed by atoms with Gasteiger partial charge in [-0.05, 0) is 25.3 Å². The van der Waals surface area contributed by atoms with Gasteiger partial charge in [0.25, 0.3) is 0 Å². The third-order valence-electron chi connectivity index (χ3n) is 1.53. The summed E-state index contributed by atoms with van der Waals surface area (Å²) in [7, 11) is 0. The lowest BCUT2D eigenvalue weighted by atomic mass is 10.2. The highest BCUT2D eigenvalue weighted by atomic mass is 32.1. The normalized spacial score (nSPS) is 12.6. The Morgan fingerprint density at radius 3 is 2.83 bits per heavy atom. The van der Waals surface area contributed by atoms with Crippen LogP contribution in [0.15, 0.2) is 29.2 Å². The molecule has 0 aliphatic heterocycles. The average Bonchev–Trinajstić information content (AvgIpc) is 2.51. The standard InChI is InChI=1S/C9H14N2S/c1-7(2)6-8(11-10)9-4-3-5-12-9/h3-6,8,11H,10H2,1-2H3. The van der Waals surface area contributed by atoms with Gasteiger partial charge in [0.05, 0.1) is 6.04 Å². The maximum absolute atomic E-state index is 5.42. The van der Waals surface area contributed by atoms with Gasteiger partial charge in [-0.25, -0.2) is 5.43 Å². The molecule has 12 heavy (non-hydrogen) atoms. The number of hydrogen-bond donors (Lipinski definition) is 2. The highest BCUT2D eigenvalue weighted by molar-refractivity contribution is 7.10. The van der Waals surface area contributed by atoms with Crippen molar-refractivity contribution in [2.75, 3.05) is 0 Å². The molecule has 1 atom stereocenters. The number of hydrazine groups is 1. The minimum atomic E-state index is 0.162. The Labute approximate surface area is 77.1 Å². The Morgan fingerprint density at radius 2 is 2.42 bits per heavy atom. The quantitative estimate of drug-likeness (QED) is 0.427. The molecule has 0 bridgehead atoms. The van der Waals surface area contributed by atoms with Gasteiger partial charge >= 0.3 is 0 Å². The molecule has 0 aliphatic carbocycles. The molecule has 1 heterocycles. The Morgan fingerprint density at radius 1 is 1.67 bits per heavy atom. The minimum Gasteiger partial charge on any atom is -0.271 e. The molecule has 1 unspecified atom stereocenters. The third-order valence-corrected chi connectivity index (χ3v) is 2.48. The van der Waals surface area contributed by atoms with Crippen LogP contribution in [0, 0.1) is 0 Å². The minimum absolute atomic E-state index is 0.162. The van der Waals surface area contributed by atoms with Crippen molar-refractivity contribution in [1.82, 2.24) is 5.43 Å². The summed E-state index contributed by atoms with van der Waals surface area (Å²) in [5.41, 5.74) is 4.04. The summed E-state index contributed by atoms with van der Waals surface area (Å²) in [5, 5.41) is 2.05. The van der Waals surface area contributed by atoms with Gasteiger partial charge in [0.15, 0.2) is 0 Å². The van der Waals surface area contributed by atoms with E-state index >= 15 is 0 Å². The summed E-state index contributed by atoms with van der Waals surface area (Å²) in [6.07, 6.45) is 2.12. The molecule has 66 valence electrons. The number of nitrogens with two attached hydrogens (primary N) is 1. The molecule has 0 saturated carbocycles. The lowest BCUT2D eigenvalue weighted by Crippen LogP contribution is -2.26. The third kappa shape index (κ3) is 2.44. The van der Waals surface area contributed by atoms with Crippen LogP contribution in [-0.4, -0.2) is 0 Å². The molecule has 0 radical (unpaired) electrons. The fourth-order valence-electron chi connectivity index (χ4n) is 1.01. The molecule has 2 nitrogen and oxygen atoms in total. The van der Waals surface area contributed by atoms with Crippen molar-refractivity contribution in [3.63, 3.8) is 0 Å². The maximum atomic E-state index is 5.42. The van der Waals surface area contributed by atoms with Crippen LogP contribution in [0.5, 0.6) is 0 Å². The van der Waals surface area contributed by atoms with Gasteiger partial charge in [-0.3, -0.25) is 5.84 Å². The number of nitrogens with one attached hydrogen (secondary N) is 1. The second kappa shape index (κ2) is 4.40. The van der Waals surface area contributed by atoms with E-state index in [1.54, 1.807) is 11.3 Å². The van der Waals surface area contributed by atoms with Gasteiger partial charge in [0, 0.05) is 4.88 Å². The lowest BCUT2D eigenvalue weighted by molar-refractivity contribution is 0.662. The second-order valence-corrected chi connectivity index (χ2v) is 3.88. The van der Waals surface area contributed by atoms with Gasteiger partial charge in [-0.15, -0.1) is 11.3 Å². The summed E-state index contributed by atoms with van der Waals surface area (Å²) in [4.78, 5) is 1.25. The van der Waals surface area contributed by atoms with Crippen molar-refractivity contribution >= 4 is 11.3 Å². The topological polar surface area (TPSA) is 38.0 Å². The molecule has 1 aromatic rings. The van der Waals surface area contributed by atoms with Crippen LogP contribution < -0.4 is 11.3 Å². The summed E-state index contributed by atoms with van der Waals surface area (Å²) >= 11 is 1.71. The molecule has 0 aliphatic rings. The Bertz CT molecular complexity index is 248. The molecule has 0 spiro atoms. The van der Waals surface area contributed by atoms with Gasteiger partial charge < -0.3 is 0 Å². The molecule has 3 heteroatoms. The lowest BCUT2D eigenvalue weighted by Gasteiger charge is -2.09. The number of allylic oxidation sites excluding steroid dienone is 1. The monoisotopic (exact) mass is 182 g/mol. The van der Waals surface area contributed by atoms with Crippen LogP contribution in [0.25, 0.3) is 0 Å². The first-order valence-corrected chi connectivity index (χ1v) is 4.76. The van der Waals surface area contributed by atoms with Crippen LogP contribution >= 0.6 is 11.3 Å². The smallest absolute Gasteiger partial charge is 0.0735 e. The summed E-state index contributed by atoms with van der Waals surface area (Å²) in [6.45, 7) is 4.13. The molecule has 0 saturated heterocycles. The molecular formula is C9H14N2S. The largest absolute Gasteiger partial charge is 0.271 e. The van der Waals surface area contributed by atoms with Crippen LogP contribution in [0.2, 0.25) is 0 Å². The zero-order valence-electron chi connectivity index (χ0n) is 7.37. The Hall–Kier alpha value is -0.640. The number of thiophene rings is 1. The van der Waals surface area contributed by atoms with Gasteiger partial charge in [0.2, 0.25) is 0 Å². The first-order valence-electron chi connectivity index (χ1n) is 3.88. The van der Waals surface area contributed by atoms with Gasteiger partial charge in [-0.2, -0.15) is 0 Å². The van der Waals surface area contributed by atoms with Crippen molar-refractivity contribution < 1.29 is 0 Å². The van der Waals surface area contributed by atoms with E-state index in [0.29, 0.717) is 0 Å². The zero-order chi connectivity index (χ0) is 8.97. The molecule has 0 aromatic carbocycles. The molecular weight excluding hydrogens is 168 g/mol. The number of hydrogen-bond acceptors (Lipinski definition) is 3. The molecule has 1 rings (SSSR count). The van der Waals surface area contributed by atoms with E-state index in [1.807, 2.05) is 6.07 Å². The predicted molar refractivity (Wildman–Crippen MR) is 53.8 cm³/mol. The molecule has 0 amide bonds. The fourth-order valence-corrected chi connectivity index (χ4v) is 1.77. The highest BCUT2D eigenvalue weighted by Gasteiger charge is 2.05. The van der Waals surface area contributed by atoms with Crippen molar-refractivity contribution in [3.8, 4) is 0 Å². The van der Waals surface area contributed by atoms with E-state index in [0.717, 1.165) is 0 Å². The summed E-state index contributed by atoms with van der Waals surface area (Å²) in [5.74, 6) is 5.42. The zero-order valence-corrected chi connectivity index (χ0v) is 8.19. The summed E-state index contributed by atoms with van der Waals surface area (Å²) < 4.78 is 0. The fraction of sp³-hybridized carbons (Fsp3) is 0.333. The molecule has 0 fully saturated rings. The van der Waals surface area contributed by atoms with Crippen molar-refractivity contribution in [3.05, 3.63) is 34.0 Å². The van der Waals surface area contributed by atoms with Crippen LogP contribution in [0.1, 0.15) is 24.8 Å². The van der Waals surface area contributed by atoms with E-state index in [4.69, 9.17) is 5.84 Å². The van der Waals surface area contributed by atoms with Gasteiger partial charge in [0.1, 0.15) is 0 Å². The first kappa shape index (κ1) is 9.45. The van der Waals surface area contributed by atoms with Crippen molar-refractivity contribution in [2.24, 2.45) is 5.84 Å². The van der Waals surface area contributed by atoms with E-state index in [-0.39, 0.29) is 6.04 Å². The highest BCUT2D eigenvalue weighted by Crippen LogP contribution is 2.20.